The van der Waals surface area contributed by atoms with Crippen molar-refractivity contribution in [1.82, 2.24) is 4.57 Å². The summed E-state index contributed by atoms with van der Waals surface area (Å²) in [5, 5.41) is 2.65. The predicted molar refractivity (Wildman–Crippen MR) is 266 cm³/mol. The van der Waals surface area contributed by atoms with Gasteiger partial charge in [-0.25, -0.2) is 0 Å². The highest BCUT2D eigenvalue weighted by Crippen LogP contribution is 2.67. The van der Waals surface area contributed by atoms with Gasteiger partial charge in [0.05, 0.1) is 22.9 Å². The molecular formula is C62H48N2. The van der Waals surface area contributed by atoms with Crippen LogP contribution in [0.3, 0.4) is 0 Å². The van der Waals surface area contributed by atoms with E-state index in [0.717, 1.165) is 19.3 Å². The third kappa shape index (κ3) is 5.14. The van der Waals surface area contributed by atoms with Crippen LogP contribution in [-0.4, -0.2) is 10.6 Å². The molecule has 306 valence electrons. The predicted octanol–water partition coefficient (Wildman–Crippen LogP) is 14.9. The summed E-state index contributed by atoms with van der Waals surface area (Å²) in [6, 6.07) is 78.3. The quantitative estimate of drug-likeness (QED) is 0.145. The van der Waals surface area contributed by atoms with Gasteiger partial charge in [0.1, 0.15) is 0 Å². The number of para-hydroxylation sites is 3. The molecule has 0 spiro atoms. The van der Waals surface area contributed by atoms with Crippen molar-refractivity contribution >= 4 is 38.8 Å². The summed E-state index contributed by atoms with van der Waals surface area (Å²) >= 11 is 0. The Labute approximate surface area is 375 Å². The Morgan fingerprint density at radius 3 is 1.73 bits per heavy atom. The van der Waals surface area contributed by atoms with Crippen LogP contribution < -0.4 is 4.90 Å². The molecule has 0 aliphatic heterocycles. The second kappa shape index (κ2) is 14.6. The number of rotatable bonds is 7. The summed E-state index contributed by atoms with van der Waals surface area (Å²) in [5.41, 5.74) is 16.5. The zero-order chi connectivity index (χ0) is 42.2. The van der Waals surface area contributed by atoms with Gasteiger partial charge in [-0.1, -0.05) is 200 Å². The highest BCUT2D eigenvalue weighted by atomic mass is 15.2. The van der Waals surface area contributed by atoms with E-state index in [4.69, 9.17) is 0 Å². The monoisotopic (exact) mass is 820 g/mol. The van der Waals surface area contributed by atoms with Crippen LogP contribution in [-0.2, 0) is 10.8 Å². The smallest absolute Gasteiger partial charge is 0.0708 e. The molecule has 5 atom stereocenters. The first-order valence-electron chi connectivity index (χ1n) is 23.1. The largest absolute Gasteiger partial charge is 0.335 e. The van der Waals surface area contributed by atoms with E-state index in [1.165, 1.54) is 83.3 Å². The minimum absolute atomic E-state index is 0.199. The van der Waals surface area contributed by atoms with E-state index in [1.54, 1.807) is 0 Å². The van der Waals surface area contributed by atoms with Crippen molar-refractivity contribution in [3.8, 4) is 0 Å². The van der Waals surface area contributed by atoms with Gasteiger partial charge in [-0.15, -0.1) is 0 Å². The molecule has 5 unspecified atom stereocenters. The molecule has 4 aliphatic rings. The summed E-state index contributed by atoms with van der Waals surface area (Å²) in [6.45, 7) is 0. The lowest BCUT2D eigenvalue weighted by atomic mass is 9.50. The van der Waals surface area contributed by atoms with Gasteiger partial charge in [0, 0.05) is 39.1 Å². The molecule has 1 heterocycles. The Morgan fingerprint density at radius 1 is 0.469 bits per heavy atom. The fraction of sp³-hybridized carbons (Fsp3) is 0.129. The van der Waals surface area contributed by atoms with Gasteiger partial charge in [0.2, 0.25) is 0 Å². The highest BCUT2D eigenvalue weighted by Gasteiger charge is 2.60. The first-order chi connectivity index (χ1) is 31.8. The van der Waals surface area contributed by atoms with Crippen molar-refractivity contribution in [2.75, 3.05) is 4.90 Å². The van der Waals surface area contributed by atoms with Crippen LogP contribution in [0.4, 0.5) is 11.4 Å². The molecule has 2 nitrogen and oxygen atoms in total. The van der Waals surface area contributed by atoms with Gasteiger partial charge >= 0.3 is 0 Å². The molecule has 4 aliphatic carbocycles. The molecule has 0 amide bonds. The fourth-order valence-electron chi connectivity index (χ4n) is 12.8. The van der Waals surface area contributed by atoms with E-state index in [2.05, 4.69) is 246 Å². The lowest BCUT2D eigenvalue weighted by molar-refractivity contribution is 0.454. The Hall–Kier alpha value is -7.42. The van der Waals surface area contributed by atoms with E-state index in [0.29, 0.717) is 5.92 Å². The Kier molecular flexibility index (Phi) is 8.46. The third-order valence-electron chi connectivity index (χ3n) is 15.3. The number of nitrogens with zero attached hydrogens (tertiary/aromatic N) is 2. The van der Waals surface area contributed by atoms with Crippen molar-refractivity contribution in [3.63, 3.8) is 0 Å². The number of aromatic nitrogens is 1. The zero-order valence-electron chi connectivity index (χ0n) is 35.8. The van der Waals surface area contributed by atoms with Crippen LogP contribution in [0.5, 0.6) is 0 Å². The van der Waals surface area contributed by atoms with Crippen LogP contribution in [0.15, 0.2) is 237 Å². The number of fused-ring (bicyclic) bond motifs is 8. The number of allylic oxidation sites excluding steroid dienone is 5. The maximum Gasteiger partial charge on any atom is 0.0708 e. The third-order valence-corrected chi connectivity index (χ3v) is 15.3. The standard InChI is InChI=1S/C62H48N2/c1-4-19-43(20-5-1)61(55-30-14-15-31-56(55)62(44-21-6-2-7-22-44)54-29-13-10-25-50(54)53-28-18-32-57(61)60(53)62)45-35-37-47(38-36-45)63(46-23-8-3-9-24-46)48-39-41-49(42-40-48)64-58-33-16-11-26-51(58)52-27-12-17-34-59(52)64/h1-28,30-39,41,48-49,54H,29,40,42H2. The van der Waals surface area contributed by atoms with Gasteiger partial charge in [-0.2, -0.15) is 0 Å². The number of hydrogen-bond acceptors (Lipinski definition) is 1. The second-order valence-corrected chi connectivity index (χ2v) is 18.2. The minimum Gasteiger partial charge on any atom is -0.335 e. The van der Waals surface area contributed by atoms with Crippen LogP contribution >= 0.6 is 0 Å². The molecule has 0 bridgehead atoms. The molecule has 0 N–H and O–H groups in total. The maximum absolute atomic E-state index is 2.57. The van der Waals surface area contributed by atoms with E-state index in [1.807, 2.05) is 0 Å². The summed E-state index contributed by atoms with van der Waals surface area (Å²) in [6.07, 6.45) is 15.1. The van der Waals surface area contributed by atoms with Gasteiger partial charge < -0.3 is 9.47 Å². The van der Waals surface area contributed by atoms with E-state index >= 15 is 0 Å². The van der Waals surface area contributed by atoms with Crippen LogP contribution in [0.1, 0.15) is 69.8 Å². The molecule has 1 aromatic heterocycles. The Bertz CT molecular complexity index is 3270. The van der Waals surface area contributed by atoms with Crippen LogP contribution in [0, 0.1) is 5.92 Å². The Balaban J connectivity index is 0.978. The summed E-state index contributed by atoms with van der Waals surface area (Å²) in [4.78, 5) is 2.57. The number of hydrogen-bond donors (Lipinski definition) is 0. The first kappa shape index (κ1) is 37.2. The van der Waals surface area contributed by atoms with Gasteiger partial charge in [0.25, 0.3) is 0 Å². The topological polar surface area (TPSA) is 8.17 Å². The fourth-order valence-corrected chi connectivity index (χ4v) is 12.8. The molecule has 64 heavy (non-hydrogen) atoms. The first-order valence-corrected chi connectivity index (χ1v) is 23.1. The minimum atomic E-state index is -0.556. The average Bonchev–Trinajstić information content (AvgIpc) is 3.88. The summed E-state index contributed by atoms with van der Waals surface area (Å²) in [7, 11) is 0. The molecule has 0 saturated carbocycles. The van der Waals surface area contributed by atoms with Gasteiger partial charge in [0.15, 0.2) is 0 Å². The maximum atomic E-state index is 2.57. The summed E-state index contributed by atoms with van der Waals surface area (Å²) in [5.74, 6) is 0.297. The molecule has 8 aromatic carbocycles. The van der Waals surface area contributed by atoms with Gasteiger partial charge in [-0.05, 0) is 106 Å². The lowest BCUT2D eigenvalue weighted by Crippen LogP contribution is -2.46. The molecule has 13 rings (SSSR count). The van der Waals surface area contributed by atoms with E-state index in [-0.39, 0.29) is 17.5 Å². The van der Waals surface area contributed by atoms with E-state index < -0.39 is 5.41 Å². The van der Waals surface area contributed by atoms with Crippen molar-refractivity contribution < 1.29 is 0 Å². The molecule has 0 saturated heterocycles. The second-order valence-electron chi connectivity index (χ2n) is 18.2. The molecular weight excluding hydrogens is 773 g/mol. The molecule has 9 aromatic rings. The molecule has 0 radical (unpaired) electrons. The lowest BCUT2D eigenvalue weighted by Gasteiger charge is -2.51. The molecule has 0 fully saturated rings. The normalized spacial score (nSPS) is 22.8. The SMILES string of the molecule is C1=CCC2C(=C1)c1cccc3c1C2(c1ccccc1)c1ccccc1C3(c1ccccc1)c1ccc(N(c2ccccc2)C2C=CC(n3c4ccccc4c4ccccc43)CC2)cc1. The molecule has 2 heteroatoms. The average molecular weight is 821 g/mol. The van der Waals surface area contributed by atoms with Crippen LogP contribution in [0.25, 0.3) is 27.4 Å². The van der Waals surface area contributed by atoms with Gasteiger partial charge in [-0.3, -0.25) is 0 Å². The highest BCUT2D eigenvalue weighted by molar-refractivity contribution is 6.08. The van der Waals surface area contributed by atoms with Crippen molar-refractivity contribution in [1.29, 1.82) is 0 Å². The van der Waals surface area contributed by atoms with Crippen molar-refractivity contribution in [3.05, 3.63) is 281 Å². The van der Waals surface area contributed by atoms with Crippen molar-refractivity contribution in [2.45, 2.75) is 42.2 Å². The van der Waals surface area contributed by atoms with Crippen molar-refractivity contribution in [2.24, 2.45) is 5.92 Å². The number of anilines is 2. The van der Waals surface area contributed by atoms with Crippen LogP contribution in [0.2, 0.25) is 0 Å². The zero-order valence-corrected chi connectivity index (χ0v) is 35.8. The van der Waals surface area contributed by atoms with E-state index in [9.17, 15) is 0 Å². The Morgan fingerprint density at radius 2 is 1.05 bits per heavy atom. The number of benzene rings is 8. The summed E-state index contributed by atoms with van der Waals surface area (Å²) < 4.78 is 2.57.